The largest absolute Gasteiger partial charge is 0.478 e. The predicted octanol–water partition coefficient (Wildman–Crippen LogP) is 5.21. The van der Waals surface area contributed by atoms with Gasteiger partial charge in [0.2, 0.25) is 5.95 Å². The molecule has 1 amide bonds. The van der Waals surface area contributed by atoms with Gasteiger partial charge in [-0.05, 0) is 69.1 Å². The Bertz CT molecular complexity index is 1380. The van der Waals surface area contributed by atoms with Gasteiger partial charge in [-0.15, -0.1) is 0 Å². The van der Waals surface area contributed by atoms with Crippen molar-refractivity contribution < 1.29 is 27.1 Å². The molecule has 0 saturated carbocycles. The van der Waals surface area contributed by atoms with Crippen molar-refractivity contribution in [1.82, 2.24) is 15.3 Å². The third-order valence-electron chi connectivity index (χ3n) is 6.40. The number of hydrogen-bond donors (Lipinski definition) is 2. The van der Waals surface area contributed by atoms with Gasteiger partial charge in [0.1, 0.15) is 11.3 Å². The molecule has 0 aliphatic carbocycles. The first-order chi connectivity index (χ1) is 17.5. The van der Waals surface area contributed by atoms with Crippen molar-refractivity contribution in [2.75, 3.05) is 16.8 Å². The van der Waals surface area contributed by atoms with Gasteiger partial charge in [-0.1, -0.05) is 6.07 Å². The summed E-state index contributed by atoms with van der Waals surface area (Å²) in [6, 6.07) is 7.40. The van der Waals surface area contributed by atoms with Crippen LogP contribution in [0.25, 0.3) is 11.3 Å². The first-order valence-corrected chi connectivity index (χ1v) is 11.9. The van der Waals surface area contributed by atoms with Gasteiger partial charge in [0.05, 0.1) is 11.9 Å². The average molecular weight is 516 g/mol. The summed E-state index contributed by atoms with van der Waals surface area (Å²) in [7, 11) is 0. The number of ether oxygens (including phenoxy) is 1. The smallest absolute Gasteiger partial charge is 0.420 e. The van der Waals surface area contributed by atoms with Crippen LogP contribution in [0.4, 0.5) is 34.9 Å². The van der Waals surface area contributed by atoms with Crippen LogP contribution < -0.4 is 20.3 Å². The third kappa shape index (κ3) is 4.71. The minimum absolute atomic E-state index is 0.0214. The zero-order valence-corrected chi connectivity index (χ0v) is 20.4. The number of fused-ring (bicyclic) bond motifs is 2. The minimum Gasteiger partial charge on any atom is -0.478 e. The van der Waals surface area contributed by atoms with Crippen LogP contribution in [-0.4, -0.2) is 34.6 Å². The van der Waals surface area contributed by atoms with E-state index in [2.05, 4.69) is 20.6 Å². The van der Waals surface area contributed by atoms with Crippen LogP contribution in [0.1, 0.15) is 37.5 Å². The quantitative estimate of drug-likeness (QED) is 0.465. The monoisotopic (exact) mass is 515 g/mol. The Labute approximate surface area is 210 Å². The molecule has 2 aromatic carbocycles. The zero-order valence-electron chi connectivity index (χ0n) is 20.4. The lowest BCUT2D eigenvalue weighted by Crippen LogP contribution is -2.48. The molecule has 7 nitrogen and oxygen atoms in total. The molecule has 3 aromatic rings. The normalized spacial score (nSPS) is 17.4. The topological polar surface area (TPSA) is 79.4 Å². The molecule has 1 aromatic heterocycles. The number of carbonyl (C=O) groups excluding carboxylic acids is 1. The molecule has 0 fully saturated rings. The van der Waals surface area contributed by atoms with Crippen molar-refractivity contribution in [3.05, 3.63) is 59.0 Å². The zero-order chi connectivity index (χ0) is 26.5. The fourth-order valence-electron chi connectivity index (χ4n) is 4.66. The number of hydrogen-bond acceptors (Lipinski definition) is 6. The molecule has 37 heavy (non-hydrogen) atoms. The Morgan fingerprint density at radius 1 is 1.19 bits per heavy atom. The van der Waals surface area contributed by atoms with Crippen molar-refractivity contribution >= 4 is 23.2 Å². The number of nitrogens with one attached hydrogen (secondary N) is 2. The van der Waals surface area contributed by atoms with Gasteiger partial charge in [-0.25, -0.2) is 14.4 Å². The number of alkyl halides is 3. The van der Waals surface area contributed by atoms with E-state index in [9.17, 15) is 22.4 Å². The molecular formula is C26H25F4N5O2. The van der Waals surface area contributed by atoms with Gasteiger partial charge >= 0.3 is 6.18 Å². The summed E-state index contributed by atoms with van der Waals surface area (Å²) in [6.07, 6.45) is -4.10. The first-order valence-electron chi connectivity index (χ1n) is 11.9. The highest BCUT2D eigenvalue weighted by molar-refractivity contribution is 6.01. The van der Waals surface area contributed by atoms with Crippen LogP contribution in [0.2, 0.25) is 0 Å². The van der Waals surface area contributed by atoms with Crippen LogP contribution in [0.15, 0.2) is 36.5 Å². The molecule has 0 radical (unpaired) electrons. The molecule has 0 spiro atoms. The van der Waals surface area contributed by atoms with E-state index in [4.69, 9.17) is 4.74 Å². The second-order valence-corrected chi connectivity index (χ2v) is 9.36. The summed E-state index contributed by atoms with van der Waals surface area (Å²) in [5.74, 6) is -1.83. The Kier molecular flexibility index (Phi) is 6.26. The van der Waals surface area contributed by atoms with Crippen LogP contribution in [0.5, 0.6) is 5.75 Å². The Balaban J connectivity index is 1.59. The van der Waals surface area contributed by atoms with E-state index in [1.54, 1.807) is 13.8 Å². The second-order valence-electron chi connectivity index (χ2n) is 9.36. The molecule has 1 unspecified atom stereocenters. The van der Waals surface area contributed by atoms with Crippen molar-refractivity contribution in [3.63, 3.8) is 0 Å². The summed E-state index contributed by atoms with van der Waals surface area (Å²) in [4.78, 5) is 22.2. The van der Waals surface area contributed by atoms with Gasteiger partial charge in [0, 0.05) is 23.8 Å². The Morgan fingerprint density at radius 3 is 2.70 bits per heavy atom. The molecule has 1 atom stereocenters. The van der Waals surface area contributed by atoms with Gasteiger partial charge in [0.25, 0.3) is 5.91 Å². The van der Waals surface area contributed by atoms with Gasteiger partial charge < -0.3 is 20.3 Å². The molecule has 2 aliphatic rings. The number of benzene rings is 2. The van der Waals surface area contributed by atoms with E-state index < -0.39 is 41.4 Å². The van der Waals surface area contributed by atoms with Crippen molar-refractivity contribution in [2.24, 2.45) is 0 Å². The van der Waals surface area contributed by atoms with Crippen molar-refractivity contribution in [2.45, 2.75) is 52.1 Å². The van der Waals surface area contributed by atoms with Crippen LogP contribution >= 0.6 is 0 Å². The van der Waals surface area contributed by atoms with Gasteiger partial charge in [0.15, 0.2) is 17.7 Å². The number of rotatable bonds is 4. The van der Waals surface area contributed by atoms with E-state index in [1.807, 2.05) is 18.2 Å². The Hall–Kier alpha value is -3.73. The van der Waals surface area contributed by atoms with Crippen molar-refractivity contribution in [1.29, 1.82) is 0 Å². The number of halogens is 4. The summed E-state index contributed by atoms with van der Waals surface area (Å²) in [5.41, 5.74) is 1.31. The first kappa shape index (κ1) is 24.9. The summed E-state index contributed by atoms with van der Waals surface area (Å²) >= 11 is 0. The third-order valence-corrected chi connectivity index (χ3v) is 6.40. The molecule has 2 aliphatic heterocycles. The highest BCUT2D eigenvalue weighted by atomic mass is 19.4. The van der Waals surface area contributed by atoms with E-state index in [1.165, 1.54) is 23.5 Å². The maximum atomic E-state index is 14.9. The second kappa shape index (κ2) is 9.29. The van der Waals surface area contributed by atoms with E-state index >= 15 is 0 Å². The SMILES string of the molecule is CC1Oc2c(cc(-c3nc(Nc4ccc5c(c4)CNCC5)ncc3F)cc2C(F)(F)F)N(C(C)C)C1=O. The number of anilines is 3. The van der Waals surface area contributed by atoms with Crippen LogP contribution in [-0.2, 0) is 23.9 Å². The maximum Gasteiger partial charge on any atom is 0.420 e. The Morgan fingerprint density at radius 2 is 1.97 bits per heavy atom. The molecule has 0 bridgehead atoms. The molecule has 2 N–H and O–H groups in total. The van der Waals surface area contributed by atoms with E-state index in [0.717, 1.165) is 30.8 Å². The van der Waals surface area contributed by atoms with Gasteiger partial charge in [-0.3, -0.25) is 4.79 Å². The molecule has 3 heterocycles. The molecule has 194 valence electrons. The minimum atomic E-state index is -4.81. The standard InChI is InChI=1S/C26H25F4N5O2/c1-13(2)35-21-10-16(9-19(26(28,29)30)23(21)37-14(3)24(35)36)22-20(27)12-32-25(34-22)33-18-5-4-15-6-7-31-11-17(15)8-18/h4-5,8-10,12-14,31H,6-7,11H2,1-3H3,(H,32,33,34). The highest BCUT2D eigenvalue weighted by Crippen LogP contribution is 2.47. The van der Waals surface area contributed by atoms with Crippen LogP contribution in [0, 0.1) is 5.82 Å². The lowest BCUT2D eigenvalue weighted by Gasteiger charge is -2.37. The summed E-state index contributed by atoms with van der Waals surface area (Å²) in [5, 5.41) is 6.30. The number of nitrogens with zero attached hydrogens (tertiary/aromatic N) is 3. The van der Waals surface area contributed by atoms with Crippen LogP contribution in [0.3, 0.4) is 0 Å². The lowest BCUT2D eigenvalue weighted by atomic mass is 10.0. The molecule has 5 rings (SSSR count). The number of carbonyl (C=O) groups is 1. The summed E-state index contributed by atoms with van der Waals surface area (Å²) < 4.78 is 62.6. The molecular weight excluding hydrogens is 490 g/mol. The average Bonchev–Trinajstić information content (AvgIpc) is 2.84. The van der Waals surface area contributed by atoms with Gasteiger partial charge in [-0.2, -0.15) is 13.2 Å². The van der Waals surface area contributed by atoms with Crippen molar-refractivity contribution in [3.8, 4) is 17.0 Å². The molecule has 0 saturated heterocycles. The fraction of sp³-hybridized carbons (Fsp3) is 0.346. The number of amides is 1. The fourth-order valence-corrected chi connectivity index (χ4v) is 4.66. The van der Waals surface area contributed by atoms with E-state index in [-0.39, 0.29) is 22.9 Å². The highest BCUT2D eigenvalue weighted by Gasteiger charge is 2.42. The summed E-state index contributed by atoms with van der Waals surface area (Å²) in [6.45, 7) is 6.37. The van der Waals surface area contributed by atoms with E-state index in [0.29, 0.717) is 12.2 Å². The lowest BCUT2D eigenvalue weighted by molar-refractivity contribution is -0.141. The number of aromatic nitrogens is 2. The maximum absolute atomic E-state index is 14.9. The predicted molar refractivity (Wildman–Crippen MR) is 130 cm³/mol. The molecule has 11 heteroatoms.